The Balaban J connectivity index is 2.15. The third-order valence-corrected chi connectivity index (χ3v) is 3.21. The van der Waals surface area contributed by atoms with Gasteiger partial charge in [0, 0.05) is 31.5 Å². The monoisotopic (exact) mass is 265 g/mol. The van der Waals surface area contributed by atoms with Crippen LogP contribution in [-0.4, -0.2) is 59.6 Å². The molecule has 0 amide bonds. The highest BCUT2D eigenvalue weighted by molar-refractivity contribution is 5.99. The van der Waals surface area contributed by atoms with E-state index in [-0.39, 0.29) is 17.4 Å². The van der Waals surface area contributed by atoms with Gasteiger partial charge in [0.15, 0.2) is 5.69 Å². The minimum absolute atomic E-state index is 0.171. The van der Waals surface area contributed by atoms with E-state index in [2.05, 4.69) is 28.7 Å². The molecule has 0 aromatic carbocycles. The first-order chi connectivity index (χ1) is 9.13. The van der Waals surface area contributed by atoms with E-state index in [9.17, 15) is 4.79 Å². The van der Waals surface area contributed by atoms with E-state index in [0.29, 0.717) is 19.2 Å². The zero-order valence-corrected chi connectivity index (χ0v) is 11.5. The highest BCUT2D eigenvalue weighted by Gasteiger charge is 2.31. The first-order valence-corrected chi connectivity index (χ1v) is 6.38. The van der Waals surface area contributed by atoms with E-state index in [1.54, 1.807) is 0 Å². The number of carbonyl (C=O) groups excluding carboxylic acids is 1. The first-order valence-electron chi connectivity index (χ1n) is 6.38. The number of ether oxygens (including phenoxy) is 2. The predicted octanol–water partition coefficient (Wildman–Crippen LogP) is 0.777. The molecule has 1 fully saturated rings. The fraction of sp³-hybridized carbons (Fsp3) is 0.615. The molecule has 19 heavy (non-hydrogen) atoms. The Bertz CT molecular complexity index is 451. The summed E-state index contributed by atoms with van der Waals surface area (Å²) in [5.74, 6) is 0.0769. The number of methoxy groups -OCH3 is 1. The summed E-state index contributed by atoms with van der Waals surface area (Å²) in [4.78, 5) is 22.7. The van der Waals surface area contributed by atoms with Crippen LogP contribution >= 0.6 is 0 Å². The zero-order valence-electron chi connectivity index (χ0n) is 11.5. The lowest BCUT2D eigenvalue weighted by molar-refractivity contribution is -0.0259. The minimum atomic E-state index is -0.498. The van der Waals surface area contributed by atoms with Crippen LogP contribution < -0.4 is 4.74 Å². The van der Waals surface area contributed by atoms with Crippen molar-refractivity contribution in [1.82, 2.24) is 14.9 Å². The Kier molecular flexibility index (Phi) is 4.44. The maximum Gasteiger partial charge on any atom is 0.243 e. The van der Waals surface area contributed by atoms with Gasteiger partial charge in [-0.1, -0.05) is 0 Å². The lowest BCUT2D eigenvalue weighted by atomic mass is 10.1. The molecule has 1 atom stereocenters. The summed E-state index contributed by atoms with van der Waals surface area (Å²) in [6, 6.07) is 0.392. The molecule has 2 heterocycles. The average molecular weight is 265 g/mol. The Labute approximate surface area is 112 Å². The molecule has 1 aliphatic heterocycles. The molecule has 1 aliphatic rings. The van der Waals surface area contributed by atoms with Crippen molar-refractivity contribution in [1.29, 1.82) is 0 Å². The SMILES string of the molecule is COc1nccnc1C(=O)C1CN(C(C)C)CCO1. The van der Waals surface area contributed by atoms with Crippen LogP contribution in [0.5, 0.6) is 5.88 Å². The summed E-state index contributed by atoms with van der Waals surface area (Å²) in [5.41, 5.74) is 0.237. The van der Waals surface area contributed by atoms with E-state index in [0.717, 1.165) is 6.54 Å². The van der Waals surface area contributed by atoms with Crippen molar-refractivity contribution in [3.63, 3.8) is 0 Å². The molecule has 104 valence electrons. The summed E-state index contributed by atoms with van der Waals surface area (Å²) in [6.45, 7) is 6.19. The van der Waals surface area contributed by atoms with Crippen molar-refractivity contribution in [2.45, 2.75) is 26.0 Å². The molecular formula is C13H19N3O3. The summed E-state index contributed by atoms with van der Waals surface area (Å²) >= 11 is 0. The summed E-state index contributed by atoms with van der Waals surface area (Å²) in [6.07, 6.45) is 2.48. The quantitative estimate of drug-likeness (QED) is 0.749. The average Bonchev–Trinajstić information content (AvgIpc) is 2.46. The van der Waals surface area contributed by atoms with E-state index in [4.69, 9.17) is 9.47 Å². The standard InChI is InChI=1S/C13H19N3O3/c1-9(2)16-6-7-19-10(8-16)12(17)11-13(18-3)15-5-4-14-11/h4-5,9-10H,6-8H2,1-3H3. The maximum atomic E-state index is 12.4. The molecule has 6 nitrogen and oxygen atoms in total. The summed E-state index contributed by atoms with van der Waals surface area (Å²) < 4.78 is 10.6. The van der Waals surface area contributed by atoms with Gasteiger partial charge in [-0.2, -0.15) is 0 Å². The van der Waals surface area contributed by atoms with Crippen LogP contribution in [0.25, 0.3) is 0 Å². The molecule has 0 saturated carbocycles. The smallest absolute Gasteiger partial charge is 0.243 e. The molecule has 1 saturated heterocycles. The highest BCUT2D eigenvalue weighted by Crippen LogP contribution is 2.17. The number of morpholine rings is 1. The Morgan fingerprint density at radius 3 is 2.89 bits per heavy atom. The molecule has 1 aromatic heterocycles. The van der Waals surface area contributed by atoms with Gasteiger partial charge in [0.25, 0.3) is 0 Å². The molecule has 0 spiro atoms. The molecular weight excluding hydrogens is 246 g/mol. The number of hydrogen-bond acceptors (Lipinski definition) is 6. The summed E-state index contributed by atoms with van der Waals surface area (Å²) in [5, 5.41) is 0. The molecule has 0 radical (unpaired) electrons. The van der Waals surface area contributed by atoms with Crippen molar-refractivity contribution in [3.05, 3.63) is 18.1 Å². The van der Waals surface area contributed by atoms with E-state index >= 15 is 0 Å². The van der Waals surface area contributed by atoms with Crippen molar-refractivity contribution < 1.29 is 14.3 Å². The Morgan fingerprint density at radius 2 is 2.21 bits per heavy atom. The van der Waals surface area contributed by atoms with Crippen LogP contribution in [0.4, 0.5) is 0 Å². The second-order valence-electron chi connectivity index (χ2n) is 4.73. The van der Waals surface area contributed by atoms with Crippen molar-refractivity contribution in [3.8, 4) is 5.88 Å². The highest BCUT2D eigenvalue weighted by atomic mass is 16.5. The van der Waals surface area contributed by atoms with Gasteiger partial charge in [-0.15, -0.1) is 0 Å². The van der Waals surface area contributed by atoms with Crippen molar-refractivity contribution >= 4 is 5.78 Å². The van der Waals surface area contributed by atoms with Gasteiger partial charge in [-0.25, -0.2) is 9.97 Å². The number of ketones is 1. The Hall–Kier alpha value is -1.53. The van der Waals surface area contributed by atoms with Gasteiger partial charge >= 0.3 is 0 Å². The number of aromatic nitrogens is 2. The van der Waals surface area contributed by atoms with Crippen LogP contribution in [0.2, 0.25) is 0 Å². The fourth-order valence-electron chi connectivity index (χ4n) is 2.09. The second kappa shape index (κ2) is 6.08. The van der Waals surface area contributed by atoms with E-state index in [1.807, 2.05) is 0 Å². The largest absolute Gasteiger partial charge is 0.479 e. The lowest BCUT2D eigenvalue weighted by Crippen LogP contribution is -2.48. The second-order valence-corrected chi connectivity index (χ2v) is 4.73. The molecule has 2 rings (SSSR count). The van der Waals surface area contributed by atoms with E-state index in [1.165, 1.54) is 19.5 Å². The van der Waals surface area contributed by atoms with Crippen molar-refractivity contribution in [2.24, 2.45) is 0 Å². The van der Waals surface area contributed by atoms with Crippen LogP contribution in [0, 0.1) is 0 Å². The maximum absolute atomic E-state index is 12.4. The van der Waals surface area contributed by atoms with Crippen LogP contribution in [0.3, 0.4) is 0 Å². The van der Waals surface area contributed by atoms with Gasteiger partial charge in [-0.05, 0) is 13.8 Å². The lowest BCUT2D eigenvalue weighted by Gasteiger charge is -2.34. The van der Waals surface area contributed by atoms with Gasteiger partial charge in [0.05, 0.1) is 13.7 Å². The minimum Gasteiger partial charge on any atom is -0.479 e. The fourth-order valence-corrected chi connectivity index (χ4v) is 2.09. The van der Waals surface area contributed by atoms with Gasteiger partial charge < -0.3 is 9.47 Å². The van der Waals surface area contributed by atoms with Gasteiger partial charge in [0.2, 0.25) is 11.7 Å². The molecule has 1 unspecified atom stereocenters. The van der Waals surface area contributed by atoms with Crippen molar-refractivity contribution in [2.75, 3.05) is 26.8 Å². The number of hydrogen-bond donors (Lipinski definition) is 0. The molecule has 0 bridgehead atoms. The van der Waals surface area contributed by atoms with Crippen LogP contribution in [0.15, 0.2) is 12.4 Å². The first kappa shape index (κ1) is 13.9. The normalized spacial score (nSPS) is 20.5. The van der Waals surface area contributed by atoms with Gasteiger partial charge in [-0.3, -0.25) is 9.69 Å². The number of nitrogens with zero attached hydrogens (tertiary/aromatic N) is 3. The predicted molar refractivity (Wildman–Crippen MR) is 69.4 cm³/mol. The molecule has 0 N–H and O–H groups in total. The van der Waals surface area contributed by atoms with Crippen LogP contribution in [0.1, 0.15) is 24.3 Å². The molecule has 0 aliphatic carbocycles. The van der Waals surface area contributed by atoms with E-state index < -0.39 is 6.10 Å². The zero-order chi connectivity index (χ0) is 13.8. The summed E-state index contributed by atoms with van der Waals surface area (Å²) in [7, 11) is 1.48. The number of rotatable bonds is 4. The number of Topliss-reactive ketones (excluding diaryl/α,β-unsaturated/α-hetero) is 1. The third kappa shape index (κ3) is 3.08. The topological polar surface area (TPSA) is 64.6 Å². The third-order valence-electron chi connectivity index (χ3n) is 3.21. The molecule has 1 aromatic rings. The van der Waals surface area contributed by atoms with Crippen LogP contribution in [-0.2, 0) is 4.74 Å². The Morgan fingerprint density at radius 1 is 1.47 bits per heavy atom. The molecule has 6 heteroatoms. The van der Waals surface area contributed by atoms with Gasteiger partial charge in [0.1, 0.15) is 6.10 Å². The number of carbonyl (C=O) groups is 1.